The lowest BCUT2D eigenvalue weighted by molar-refractivity contribution is -0.137. The minimum atomic E-state index is -4.28. The molecule has 0 unspecified atom stereocenters. The van der Waals surface area contributed by atoms with E-state index in [9.17, 15) is 13.2 Å². The molecule has 0 amide bonds. The monoisotopic (exact) mass is 290 g/mol. The van der Waals surface area contributed by atoms with Crippen LogP contribution in [0, 0.1) is 0 Å². The molecule has 0 aromatic heterocycles. The van der Waals surface area contributed by atoms with E-state index in [1.165, 1.54) is 12.1 Å². The van der Waals surface area contributed by atoms with Gasteiger partial charge in [0.1, 0.15) is 0 Å². The molecule has 1 aromatic carbocycles. The van der Waals surface area contributed by atoms with Gasteiger partial charge in [0, 0.05) is 0 Å². The van der Waals surface area contributed by atoms with E-state index in [1.807, 2.05) is 0 Å². The fourth-order valence-electron chi connectivity index (χ4n) is 1.27. The smallest absolute Gasteiger partial charge is 0.413 e. The Morgan fingerprint density at radius 1 is 1.00 bits per heavy atom. The SMILES string of the molecule is CC(C)(C)[Si](C)(C)OCc1ccc(C(F)(F)F)cc1. The number of benzene rings is 1. The molecule has 0 aliphatic heterocycles. The van der Waals surface area contributed by atoms with Crippen molar-refractivity contribution in [3.05, 3.63) is 35.4 Å². The molecular weight excluding hydrogens is 269 g/mol. The summed E-state index contributed by atoms with van der Waals surface area (Å²) in [5.74, 6) is 0. The second-order valence-corrected chi connectivity index (χ2v) is 11.1. The molecule has 108 valence electrons. The van der Waals surface area contributed by atoms with Crippen molar-refractivity contribution in [2.45, 2.75) is 51.7 Å². The summed E-state index contributed by atoms with van der Waals surface area (Å²) in [6.45, 7) is 11.0. The van der Waals surface area contributed by atoms with Crippen molar-refractivity contribution in [2.24, 2.45) is 0 Å². The van der Waals surface area contributed by atoms with Crippen LogP contribution in [0.2, 0.25) is 18.1 Å². The molecule has 0 saturated heterocycles. The summed E-state index contributed by atoms with van der Waals surface area (Å²) in [7, 11) is -1.86. The minimum absolute atomic E-state index is 0.0961. The fraction of sp³-hybridized carbons (Fsp3) is 0.571. The van der Waals surface area contributed by atoms with Gasteiger partial charge in [-0.2, -0.15) is 13.2 Å². The lowest BCUT2D eigenvalue weighted by Gasteiger charge is -2.36. The van der Waals surface area contributed by atoms with Crippen molar-refractivity contribution < 1.29 is 17.6 Å². The lowest BCUT2D eigenvalue weighted by Crippen LogP contribution is -2.40. The zero-order valence-electron chi connectivity index (χ0n) is 12.1. The van der Waals surface area contributed by atoms with E-state index in [4.69, 9.17) is 4.43 Å². The Labute approximate surface area is 113 Å². The summed E-state index contributed by atoms with van der Waals surface area (Å²) >= 11 is 0. The Hall–Kier alpha value is -0.813. The highest BCUT2D eigenvalue weighted by atomic mass is 28.4. The predicted octanol–water partition coefficient (Wildman–Crippen LogP) is 5.23. The van der Waals surface area contributed by atoms with Crippen LogP contribution in [0.25, 0.3) is 0 Å². The van der Waals surface area contributed by atoms with Crippen LogP contribution in [0.1, 0.15) is 31.9 Å². The molecule has 1 aromatic rings. The normalized spacial score (nSPS) is 13.7. The molecule has 0 bridgehead atoms. The average molecular weight is 290 g/mol. The van der Waals surface area contributed by atoms with Gasteiger partial charge in [-0.1, -0.05) is 32.9 Å². The Kier molecular flexibility index (Phi) is 4.52. The highest BCUT2D eigenvalue weighted by Gasteiger charge is 2.37. The highest BCUT2D eigenvalue weighted by molar-refractivity contribution is 6.74. The van der Waals surface area contributed by atoms with Crippen molar-refractivity contribution in [3.63, 3.8) is 0 Å². The Morgan fingerprint density at radius 3 is 1.84 bits per heavy atom. The first kappa shape index (κ1) is 16.2. The van der Waals surface area contributed by atoms with Crippen molar-refractivity contribution in [1.82, 2.24) is 0 Å². The van der Waals surface area contributed by atoms with Crippen LogP contribution in [0.5, 0.6) is 0 Å². The third kappa shape index (κ3) is 4.35. The van der Waals surface area contributed by atoms with Gasteiger partial charge in [0.2, 0.25) is 0 Å². The zero-order valence-corrected chi connectivity index (χ0v) is 13.1. The average Bonchev–Trinajstić information content (AvgIpc) is 2.24. The maximum atomic E-state index is 12.4. The molecule has 5 heteroatoms. The summed E-state index contributed by atoms with van der Waals surface area (Å²) in [5, 5.41) is 0.0961. The van der Waals surface area contributed by atoms with Crippen LogP contribution in [0.3, 0.4) is 0 Å². The standard InChI is InChI=1S/C14H21F3OSi/c1-13(2,3)19(4,5)18-10-11-6-8-12(9-7-11)14(15,16)17/h6-9H,10H2,1-5H3. The molecule has 19 heavy (non-hydrogen) atoms. The third-order valence-electron chi connectivity index (χ3n) is 3.69. The number of alkyl halides is 3. The molecule has 0 heterocycles. The summed E-state index contributed by atoms with van der Waals surface area (Å²) in [4.78, 5) is 0. The number of halogens is 3. The molecule has 0 radical (unpaired) electrons. The molecule has 0 atom stereocenters. The Bertz CT molecular complexity index is 416. The zero-order chi connectivity index (χ0) is 14.9. The number of rotatable bonds is 3. The van der Waals surface area contributed by atoms with E-state index in [1.54, 1.807) is 0 Å². The molecule has 0 fully saturated rings. The van der Waals surface area contributed by atoms with Gasteiger partial charge in [-0.25, -0.2) is 0 Å². The second-order valence-electron chi connectivity index (χ2n) is 6.24. The van der Waals surface area contributed by atoms with Crippen LogP contribution in [0.15, 0.2) is 24.3 Å². The van der Waals surface area contributed by atoms with Gasteiger partial charge in [-0.15, -0.1) is 0 Å². The van der Waals surface area contributed by atoms with E-state index in [0.29, 0.717) is 6.61 Å². The first-order valence-electron chi connectivity index (χ1n) is 6.23. The van der Waals surface area contributed by atoms with Crippen LogP contribution in [-0.4, -0.2) is 8.32 Å². The van der Waals surface area contributed by atoms with Crippen molar-refractivity contribution in [1.29, 1.82) is 0 Å². The van der Waals surface area contributed by atoms with E-state index >= 15 is 0 Å². The van der Waals surface area contributed by atoms with Crippen molar-refractivity contribution in [3.8, 4) is 0 Å². The maximum Gasteiger partial charge on any atom is 0.416 e. The largest absolute Gasteiger partial charge is 0.416 e. The summed E-state index contributed by atoms with van der Waals surface area (Å²) in [6.07, 6.45) is -4.28. The van der Waals surface area contributed by atoms with Crippen LogP contribution >= 0.6 is 0 Å². The van der Waals surface area contributed by atoms with Crippen molar-refractivity contribution >= 4 is 8.32 Å². The maximum absolute atomic E-state index is 12.4. The van der Waals surface area contributed by atoms with E-state index in [0.717, 1.165) is 17.7 Å². The molecule has 1 rings (SSSR count). The van der Waals surface area contributed by atoms with Crippen molar-refractivity contribution in [2.75, 3.05) is 0 Å². The first-order chi connectivity index (χ1) is 8.43. The number of hydrogen-bond donors (Lipinski definition) is 0. The van der Waals surface area contributed by atoms with Gasteiger partial charge in [-0.3, -0.25) is 0 Å². The third-order valence-corrected chi connectivity index (χ3v) is 8.17. The Balaban J connectivity index is 2.70. The fourth-order valence-corrected chi connectivity index (χ4v) is 2.23. The Morgan fingerprint density at radius 2 is 1.47 bits per heavy atom. The minimum Gasteiger partial charge on any atom is -0.413 e. The molecular formula is C14H21F3OSi. The summed E-state index contributed by atoms with van der Waals surface area (Å²) in [5.41, 5.74) is 0.154. The van der Waals surface area contributed by atoms with Crippen LogP contribution in [0.4, 0.5) is 13.2 Å². The molecule has 0 N–H and O–H groups in total. The van der Waals surface area contributed by atoms with Gasteiger partial charge in [0.25, 0.3) is 0 Å². The quantitative estimate of drug-likeness (QED) is 0.693. The first-order valence-corrected chi connectivity index (χ1v) is 9.14. The topological polar surface area (TPSA) is 9.23 Å². The molecule has 0 aliphatic carbocycles. The van der Waals surface area contributed by atoms with E-state index in [2.05, 4.69) is 33.9 Å². The molecule has 0 saturated carbocycles. The molecule has 1 nitrogen and oxygen atoms in total. The van der Waals surface area contributed by atoms with Gasteiger partial charge in [0.15, 0.2) is 8.32 Å². The second kappa shape index (κ2) is 5.29. The van der Waals surface area contributed by atoms with Gasteiger partial charge in [0.05, 0.1) is 12.2 Å². The molecule has 0 aliphatic rings. The van der Waals surface area contributed by atoms with E-state index in [-0.39, 0.29) is 5.04 Å². The summed E-state index contributed by atoms with van der Waals surface area (Å²) in [6, 6.07) is 5.17. The van der Waals surface area contributed by atoms with Crippen LogP contribution < -0.4 is 0 Å². The van der Waals surface area contributed by atoms with Gasteiger partial charge in [-0.05, 0) is 35.8 Å². The van der Waals surface area contributed by atoms with E-state index < -0.39 is 20.1 Å². The summed E-state index contributed by atoms with van der Waals surface area (Å²) < 4.78 is 43.2. The van der Waals surface area contributed by atoms with Gasteiger partial charge >= 0.3 is 6.18 Å². The highest BCUT2D eigenvalue weighted by Crippen LogP contribution is 2.37. The molecule has 0 spiro atoms. The lowest BCUT2D eigenvalue weighted by atomic mass is 10.1. The van der Waals surface area contributed by atoms with Gasteiger partial charge < -0.3 is 4.43 Å². The predicted molar refractivity (Wildman–Crippen MR) is 73.4 cm³/mol. The van der Waals surface area contributed by atoms with Crippen LogP contribution in [-0.2, 0) is 17.2 Å². The number of hydrogen-bond acceptors (Lipinski definition) is 1.